The van der Waals surface area contributed by atoms with Gasteiger partial charge < -0.3 is 25.2 Å². The first-order valence-corrected chi connectivity index (χ1v) is 7.84. The van der Waals surface area contributed by atoms with E-state index >= 15 is 0 Å². The minimum Gasteiger partial charge on any atom is -0.506 e. The van der Waals surface area contributed by atoms with Crippen LogP contribution in [0.3, 0.4) is 0 Å². The van der Waals surface area contributed by atoms with Crippen LogP contribution in [-0.2, 0) is 4.79 Å². The molecule has 0 saturated carbocycles. The lowest BCUT2D eigenvalue weighted by molar-refractivity contribution is -0.112. The van der Waals surface area contributed by atoms with E-state index in [2.05, 4.69) is 10.6 Å². The average molecular weight is 353 g/mol. The molecule has 2 aromatic rings. The largest absolute Gasteiger partial charge is 0.506 e. The third-order valence-electron chi connectivity index (χ3n) is 3.34. The molecule has 7 nitrogen and oxygen atoms in total. The van der Waals surface area contributed by atoms with Crippen molar-refractivity contribution in [2.45, 2.75) is 0 Å². The fourth-order valence-electron chi connectivity index (χ4n) is 1.99. The van der Waals surface area contributed by atoms with Gasteiger partial charge >= 0.3 is 0 Å². The Bertz CT molecular complexity index is 810. The van der Waals surface area contributed by atoms with Crippen LogP contribution in [0.5, 0.6) is 17.2 Å². The fourth-order valence-corrected chi connectivity index (χ4v) is 1.99. The van der Waals surface area contributed by atoms with Crippen molar-refractivity contribution in [3.8, 4) is 23.3 Å². The van der Waals surface area contributed by atoms with Crippen molar-refractivity contribution < 1.29 is 19.4 Å². The van der Waals surface area contributed by atoms with Gasteiger partial charge in [-0.25, -0.2) is 0 Å². The maximum atomic E-state index is 12.0. The summed E-state index contributed by atoms with van der Waals surface area (Å²) in [7, 11) is 1.59. The Morgan fingerprint density at radius 2 is 1.88 bits per heavy atom. The number of hydrogen-bond acceptors (Lipinski definition) is 6. The summed E-state index contributed by atoms with van der Waals surface area (Å²) in [6, 6.07) is 15.3. The summed E-state index contributed by atoms with van der Waals surface area (Å²) < 4.78 is 10.6. The SMILES string of the molecule is COc1ccc(OCCN/C=C(/C#N)C(=O)Nc2ccccc2O)cc1. The number of amides is 1. The van der Waals surface area contributed by atoms with Gasteiger partial charge in [0.2, 0.25) is 0 Å². The first-order chi connectivity index (χ1) is 12.6. The molecule has 26 heavy (non-hydrogen) atoms. The monoisotopic (exact) mass is 353 g/mol. The molecule has 2 aromatic carbocycles. The average Bonchev–Trinajstić information content (AvgIpc) is 2.67. The van der Waals surface area contributed by atoms with E-state index in [4.69, 9.17) is 14.7 Å². The zero-order valence-corrected chi connectivity index (χ0v) is 14.2. The molecule has 0 bridgehead atoms. The van der Waals surface area contributed by atoms with Crippen LogP contribution in [0.4, 0.5) is 5.69 Å². The number of phenolic OH excluding ortho intramolecular Hbond substituents is 1. The highest BCUT2D eigenvalue weighted by molar-refractivity contribution is 6.07. The number of ether oxygens (including phenoxy) is 2. The minimum absolute atomic E-state index is 0.0704. The minimum atomic E-state index is -0.613. The van der Waals surface area contributed by atoms with Crippen molar-refractivity contribution in [2.24, 2.45) is 0 Å². The Hall–Kier alpha value is -3.66. The number of anilines is 1. The molecule has 0 radical (unpaired) electrons. The molecule has 0 fully saturated rings. The third kappa shape index (κ3) is 5.46. The van der Waals surface area contributed by atoms with Gasteiger partial charge in [-0.15, -0.1) is 0 Å². The van der Waals surface area contributed by atoms with Crippen molar-refractivity contribution >= 4 is 11.6 Å². The van der Waals surface area contributed by atoms with Crippen molar-refractivity contribution in [3.63, 3.8) is 0 Å². The van der Waals surface area contributed by atoms with Gasteiger partial charge in [-0.3, -0.25) is 4.79 Å². The lowest BCUT2D eigenvalue weighted by atomic mass is 10.2. The Morgan fingerprint density at radius 1 is 1.19 bits per heavy atom. The number of nitrogens with zero attached hydrogens (tertiary/aromatic N) is 1. The molecule has 0 spiro atoms. The fraction of sp³-hybridized carbons (Fsp3) is 0.158. The number of nitriles is 1. The molecule has 0 unspecified atom stereocenters. The van der Waals surface area contributed by atoms with Crippen LogP contribution >= 0.6 is 0 Å². The summed E-state index contributed by atoms with van der Waals surface area (Å²) in [6.07, 6.45) is 1.31. The predicted octanol–water partition coefficient (Wildman–Crippen LogP) is 2.42. The molecule has 0 atom stereocenters. The number of nitrogens with one attached hydrogen (secondary N) is 2. The first-order valence-electron chi connectivity index (χ1n) is 7.84. The van der Waals surface area contributed by atoms with E-state index in [1.807, 2.05) is 6.07 Å². The normalized spacial score (nSPS) is 10.5. The molecule has 134 valence electrons. The molecular weight excluding hydrogens is 334 g/mol. The molecule has 1 amide bonds. The van der Waals surface area contributed by atoms with Crippen LogP contribution in [0.2, 0.25) is 0 Å². The summed E-state index contributed by atoms with van der Waals surface area (Å²) in [5, 5.41) is 24.1. The molecule has 0 aromatic heterocycles. The van der Waals surface area contributed by atoms with E-state index in [0.29, 0.717) is 18.9 Å². The molecule has 3 N–H and O–H groups in total. The van der Waals surface area contributed by atoms with Gasteiger partial charge in [0.25, 0.3) is 5.91 Å². The smallest absolute Gasteiger partial charge is 0.267 e. The Kier molecular flexibility index (Phi) is 6.89. The Morgan fingerprint density at radius 3 is 2.54 bits per heavy atom. The number of benzene rings is 2. The maximum Gasteiger partial charge on any atom is 0.267 e. The zero-order chi connectivity index (χ0) is 18.8. The number of methoxy groups -OCH3 is 1. The lowest BCUT2D eigenvalue weighted by Gasteiger charge is -2.08. The van der Waals surface area contributed by atoms with E-state index in [0.717, 1.165) is 5.75 Å². The molecule has 0 heterocycles. The number of para-hydroxylation sites is 2. The number of phenols is 1. The molecule has 2 rings (SSSR count). The van der Waals surface area contributed by atoms with E-state index in [-0.39, 0.29) is 17.0 Å². The summed E-state index contributed by atoms with van der Waals surface area (Å²) in [5.41, 5.74) is 0.124. The molecule has 7 heteroatoms. The topological polar surface area (TPSA) is 104 Å². The van der Waals surface area contributed by atoms with Gasteiger partial charge in [-0.1, -0.05) is 12.1 Å². The standard InChI is InChI=1S/C19H19N3O4/c1-25-15-6-8-16(9-7-15)26-11-10-21-13-14(12-20)19(24)22-17-4-2-3-5-18(17)23/h2-9,13,21,23H,10-11H2,1H3,(H,22,24)/b14-13-. The summed E-state index contributed by atoms with van der Waals surface area (Å²) in [4.78, 5) is 12.0. The second-order valence-corrected chi connectivity index (χ2v) is 5.12. The van der Waals surface area contributed by atoms with Gasteiger partial charge in [0.05, 0.1) is 12.8 Å². The van der Waals surface area contributed by atoms with Crippen LogP contribution in [0.15, 0.2) is 60.3 Å². The van der Waals surface area contributed by atoms with Crippen LogP contribution in [0, 0.1) is 11.3 Å². The van der Waals surface area contributed by atoms with Gasteiger partial charge in [0.15, 0.2) is 0 Å². The second-order valence-electron chi connectivity index (χ2n) is 5.12. The van der Waals surface area contributed by atoms with Crippen molar-refractivity contribution in [1.82, 2.24) is 5.32 Å². The zero-order valence-electron chi connectivity index (χ0n) is 14.2. The van der Waals surface area contributed by atoms with Gasteiger partial charge in [0.1, 0.15) is 35.5 Å². The van der Waals surface area contributed by atoms with Crippen molar-refractivity contribution in [2.75, 3.05) is 25.6 Å². The number of carbonyl (C=O) groups is 1. The van der Waals surface area contributed by atoms with Gasteiger partial charge in [-0.05, 0) is 36.4 Å². The van der Waals surface area contributed by atoms with E-state index < -0.39 is 5.91 Å². The highest BCUT2D eigenvalue weighted by atomic mass is 16.5. The van der Waals surface area contributed by atoms with Crippen LogP contribution in [-0.4, -0.2) is 31.3 Å². The molecule has 0 saturated heterocycles. The predicted molar refractivity (Wildman–Crippen MR) is 96.9 cm³/mol. The number of hydrogen-bond donors (Lipinski definition) is 3. The first kappa shape index (κ1) is 18.7. The van der Waals surface area contributed by atoms with E-state index in [1.165, 1.54) is 12.3 Å². The van der Waals surface area contributed by atoms with Crippen LogP contribution in [0.25, 0.3) is 0 Å². The van der Waals surface area contributed by atoms with E-state index in [9.17, 15) is 9.90 Å². The quantitative estimate of drug-likeness (QED) is 0.291. The highest BCUT2D eigenvalue weighted by Gasteiger charge is 2.10. The number of carbonyl (C=O) groups excluding carboxylic acids is 1. The highest BCUT2D eigenvalue weighted by Crippen LogP contribution is 2.21. The molecule has 0 aliphatic carbocycles. The molecular formula is C19H19N3O4. The van der Waals surface area contributed by atoms with Crippen LogP contribution < -0.4 is 20.1 Å². The summed E-state index contributed by atoms with van der Waals surface area (Å²) in [6.45, 7) is 0.754. The van der Waals surface area contributed by atoms with Crippen molar-refractivity contribution in [3.05, 3.63) is 60.3 Å². The molecule has 0 aliphatic rings. The summed E-state index contributed by atoms with van der Waals surface area (Å²) >= 11 is 0. The van der Waals surface area contributed by atoms with Gasteiger partial charge in [-0.2, -0.15) is 5.26 Å². The van der Waals surface area contributed by atoms with Crippen molar-refractivity contribution in [1.29, 1.82) is 5.26 Å². The Labute approximate surface area is 151 Å². The maximum absolute atomic E-state index is 12.0. The Balaban J connectivity index is 1.80. The number of rotatable bonds is 8. The second kappa shape index (κ2) is 9.59. The summed E-state index contributed by atoms with van der Waals surface area (Å²) in [5.74, 6) is 0.749. The molecule has 0 aliphatic heterocycles. The van der Waals surface area contributed by atoms with Gasteiger partial charge in [0, 0.05) is 12.7 Å². The van der Waals surface area contributed by atoms with Crippen LogP contribution in [0.1, 0.15) is 0 Å². The van der Waals surface area contributed by atoms with E-state index in [1.54, 1.807) is 49.6 Å². The third-order valence-corrected chi connectivity index (χ3v) is 3.34. The number of aromatic hydroxyl groups is 1. The lowest BCUT2D eigenvalue weighted by Crippen LogP contribution is -2.20.